The van der Waals surface area contributed by atoms with Gasteiger partial charge in [-0.2, -0.15) is 10.2 Å². The molecule has 1 N–H and O–H groups in total. The van der Waals surface area contributed by atoms with E-state index in [2.05, 4.69) is 15.5 Å². The zero-order valence-corrected chi connectivity index (χ0v) is 10.6. The molecule has 2 rings (SSSR count). The van der Waals surface area contributed by atoms with Gasteiger partial charge in [0.2, 0.25) is 0 Å². The van der Waals surface area contributed by atoms with Crippen LogP contribution in [0, 0.1) is 0 Å². The zero-order valence-electron chi connectivity index (χ0n) is 9.75. The third-order valence-corrected chi connectivity index (χ3v) is 2.35. The molecule has 0 saturated carbocycles. The Hall–Kier alpha value is -1.63. The number of aryl methyl sites for hydroxylation is 1. The summed E-state index contributed by atoms with van der Waals surface area (Å²) >= 11 is 0. The average molecular weight is 278 g/mol. The van der Waals surface area contributed by atoms with Crippen molar-refractivity contribution in [2.24, 2.45) is 7.05 Å². The van der Waals surface area contributed by atoms with Crippen molar-refractivity contribution >= 4 is 18.1 Å². The fraction of sp³-hybridized carbons (Fsp3) is 0.400. The average Bonchev–Trinajstić information content (AvgIpc) is 2.84. The quantitative estimate of drug-likeness (QED) is 0.908. The van der Waals surface area contributed by atoms with Gasteiger partial charge in [-0.25, -0.2) is 8.78 Å². The summed E-state index contributed by atoms with van der Waals surface area (Å²) in [6.45, 7) is 0.199. The number of anilines is 1. The third kappa shape index (κ3) is 3.69. The molecule has 0 spiro atoms. The maximum absolute atomic E-state index is 12.1. The van der Waals surface area contributed by atoms with Gasteiger partial charge >= 0.3 is 0 Å². The van der Waals surface area contributed by atoms with Crippen LogP contribution >= 0.6 is 12.4 Å². The van der Waals surface area contributed by atoms with Crippen LogP contribution in [0.4, 0.5) is 14.5 Å². The van der Waals surface area contributed by atoms with Gasteiger partial charge < -0.3 is 5.32 Å². The van der Waals surface area contributed by atoms with Crippen molar-refractivity contribution in [3.63, 3.8) is 0 Å². The maximum Gasteiger partial charge on any atom is 0.257 e. The molecule has 0 aliphatic rings. The van der Waals surface area contributed by atoms with Crippen molar-refractivity contribution in [1.82, 2.24) is 19.6 Å². The lowest BCUT2D eigenvalue weighted by atomic mass is 10.4. The maximum atomic E-state index is 12.1. The number of hydrogen-bond donors (Lipinski definition) is 1. The molecule has 0 unspecified atom stereocenters. The molecule has 100 valence electrons. The van der Waals surface area contributed by atoms with Crippen molar-refractivity contribution in [3.05, 3.63) is 30.4 Å². The number of nitrogens with zero attached hydrogens (tertiary/aromatic N) is 4. The Balaban J connectivity index is 0.00000162. The summed E-state index contributed by atoms with van der Waals surface area (Å²) in [7, 11) is 1.84. The van der Waals surface area contributed by atoms with Crippen molar-refractivity contribution in [1.29, 1.82) is 0 Å². The van der Waals surface area contributed by atoms with Crippen LogP contribution in [-0.2, 0) is 20.1 Å². The Morgan fingerprint density at radius 3 is 2.78 bits per heavy atom. The van der Waals surface area contributed by atoms with Crippen molar-refractivity contribution in [2.45, 2.75) is 19.5 Å². The summed E-state index contributed by atoms with van der Waals surface area (Å²) in [6.07, 6.45) is 2.40. The van der Waals surface area contributed by atoms with E-state index in [4.69, 9.17) is 0 Å². The standard InChI is InChI=1S/C10H13F2N5.ClH/c1-16-9(2-3-14-16)5-13-8-4-15-17(6-8)7-10(11)12;/h2-4,6,10,13H,5,7H2,1H3;1H. The normalized spacial score (nSPS) is 10.4. The molecule has 18 heavy (non-hydrogen) atoms. The summed E-state index contributed by atoms with van der Waals surface area (Å²) < 4.78 is 27.2. The molecular weight excluding hydrogens is 264 g/mol. The van der Waals surface area contributed by atoms with E-state index in [1.165, 1.54) is 10.9 Å². The van der Waals surface area contributed by atoms with Gasteiger partial charge in [-0.1, -0.05) is 0 Å². The summed E-state index contributed by atoms with van der Waals surface area (Å²) in [5.74, 6) is 0. The second-order valence-corrected chi connectivity index (χ2v) is 3.64. The van der Waals surface area contributed by atoms with Gasteiger partial charge in [0, 0.05) is 19.4 Å². The van der Waals surface area contributed by atoms with E-state index < -0.39 is 6.43 Å². The van der Waals surface area contributed by atoms with Crippen molar-refractivity contribution in [2.75, 3.05) is 5.32 Å². The molecule has 5 nitrogen and oxygen atoms in total. The van der Waals surface area contributed by atoms with E-state index >= 15 is 0 Å². The molecule has 0 aromatic carbocycles. The van der Waals surface area contributed by atoms with Crippen LogP contribution in [-0.4, -0.2) is 26.0 Å². The van der Waals surface area contributed by atoms with Crippen molar-refractivity contribution < 1.29 is 8.78 Å². The van der Waals surface area contributed by atoms with Gasteiger partial charge in [-0.05, 0) is 6.07 Å². The first kappa shape index (κ1) is 14.4. The van der Waals surface area contributed by atoms with Gasteiger partial charge in [0.05, 0.1) is 24.1 Å². The lowest BCUT2D eigenvalue weighted by Gasteiger charge is -2.03. The van der Waals surface area contributed by atoms with Crippen LogP contribution in [0.1, 0.15) is 5.69 Å². The monoisotopic (exact) mass is 277 g/mol. The summed E-state index contributed by atoms with van der Waals surface area (Å²) in [5.41, 5.74) is 1.72. The second kappa shape index (κ2) is 6.34. The first-order valence-corrected chi connectivity index (χ1v) is 5.16. The molecule has 0 aliphatic carbocycles. The smallest absolute Gasteiger partial charge is 0.257 e. The summed E-state index contributed by atoms with van der Waals surface area (Å²) in [6, 6.07) is 1.89. The van der Waals surface area contributed by atoms with Crippen LogP contribution < -0.4 is 5.32 Å². The molecule has 2 aromatic heterocycles. The van der Waals surface area contributed by atoms with Crippen LogP contribution in [0.2, 0.25) is 0 Å². The number of halogens is 3. The molecule has 2 aromatic rings. The molecule has 8 heteroatoms. The lowest BCUT2D eigenvalue weighted by molar-refractivity contribution is 0.122. The van der Waals surface area contributed by atoms with E-state index in [0.29, 0.717) is 12.2 Å². The third-order valence-electron chi connectivity index (χ3n) is 2.35. The first-order valence-electron chi connectivity index (χ1n) is 5.16. The largest absolute Gasteiger partial charge is 0.377 e. The topological polar surface area (TPSA) is 47.7 Å². The highest BCUT2D eigenvalue weighted by molar-refractivity contribution is 5.85. The highest BCUT2D eigenvalue weighted by atomic mass is 35.5. The molecule has 0 fully saturated rings. The molecular formula is C10H14ClF2N5. The second-order valence-electron chi connectivity index (χ2n) is 3.64. The molecule has 0 atom stereocenters. The van der Waals surface area contributed by atoms with Gasteiger partial charge in [0.15, 0.2) is 0 Å². The summed E-state index contributed by atoms with van der Waals surface area (Å²) in [4.78, 5) is 0. The number of aromatic nitrogens is 4. The summed E-state index contributed by atoms with van der Waals surface area (Å²) in [5, 5.41) is 11.0. The Morgan fingerprint density at radius 2 is 2.17 bits per heavy atom. The van der Waals surface area contributed by atoms with Gasteiger partial charge in [-0.3, -0.25) is 9.36 Å². The Kier molecular flexibility index (Phi) is 5.08. The Morgan fingerprint density at radius 1 is 1.39 bits per heavy atom. The molecule has 2 heterocycles. The zero-order chi connectivity index (χ0) is 12.3. The Bertz CT molecular complexity index is 482. The molecule has 0 saturated heterocycles. The molecule has 0 bridgehead atoms. The minimum Gasteiger partial charge on any atom is -0.377 e. The van der Waals surface area contributed by atoms with Crippen LogP contribution in [0.5, 0.6) is 0 Å². The van der Waals surface area contributed by atoms with Crippen molar-refractivity contribution in [3.8, 4) is 0 Å². The van der Waals surface area contributed by atoms with Crippen LogP contribution in [0.25, 0.3) is 0 Å². The highest BCUT2D eigenvalue weighted by Crippen LogP contribution is 2.08. The van der Waals surface area contributed by atoms with E-state index in [0.717, 1.165) is 5.69 Å². The Labute approximate surface area is 109 Å². The highest BCUT2D eigenvalue weighted by Gasteiger charge is 2.05. The fourth-order valence-electron chi connectivity index (χ4n) is 1.46. The van der Waals surface area contributed by atoms with Gasteiger partial charge in [0.25, 0.3) is 6.43 Å². The number of rotatable bonds is 5. The minimum absolute atomic E-state index is 0. The van der Waals surface area contributed by atoms with Gasteiger partial charge in [-0.15, -0.1) is 12.4 Å². The van der Waals surface area contributed by atoms with Gasteiger partial charge in [0.1, 0.15) is 6.54 Å². The van der Waals surface area contributed by atoms with E-state index in [1.54, 1.807) is 17.1 Å². The predicted octanol–water partition coefficient (Wildman–Crippen LogP) is 1.92. The van der Waals surface area contributed by atoms with E-state index in [-0.39, 0.29) is 19.0 Å². The van der Waals surface area contributed by atoms with Crippen LogP contribution in [0.15, 0.2) is 24.7 Å². The predicted molar refractivity (Wildman–Crippen MR) is 66.0 cm³/mol. The lowest BCUT2D eigenvalue weighted by Crippen LogP contribution is -2.07. The number of nitrogens with one attached hydrogen (secondary N) is 1. The molecule has 0 amide bonds. The number of alkyl halides is 2. The van der Waals surface area contributed by atoms with E-state index in [1.807, 2.05) is 13.1 Å². The molecule has 0 aliphatic heterocycles. The first-order chi connectivity index (χ1) is 8.15. The number of hydrogen-bond acceptors (Lipinski definition) is 3. The SMILES string of the molecule is Cl.Cn1nccc1CNc1cnn(CC(F)F)c1. The molecule has 0 radical (unpaired) electrons. The van der Waals surface area contributed by atoms with E-state index in [9.17, 15) is 8.78 Å². The fourth-order valence-corrected chi connectivity index (χ4v) is 1.46. The minimum atomic E-state index is -2.39. The van der Waals surface area contributed by atoms with Crippen LogP contribution in [0.3, 0.4) is 0 Å².